The first-order valence-corrected chi connectivity index (χ1v) is 6.30. The number of ether oxygens (including phenoxy) is 1. The molecule has 2 rings (SSSR count). The highest BCUT2D eigenvalue weighted by Crippen LogP contribution is 2.29. The summed E-state index contributed by atoms with van der Waals surface area (Å²) in [5, 5.41) is 3.32. The molecule has 1 aromatic rings. The zero-order chi connectivity index (χ0) is 13.9. The van der Waals surface area contributed by atoms with Gasteiger partial charge in [-0.15, -0.1) is 13.2 Å². The fourth-order valence-corrected chi connectivity index (χ4v) is 2.48. The minimum Gasteiger partial charge on any atom is -0.406 e. The maximum Gasteiger partial charge on any atom is 0.573 e. The molecular weight excluding hydrogens is 257 g/mol. The van der Waals surface area contributed by atoms with E-state index in [1.165, 1.54) is 12.1 Å². The van der Waals surface area contributed by atoms with Gasteiger partial charge < -0.3 is 15.8 Å². The lowest BCUT2D eigenvalue weighted by molar-refractivity contribution is -0.274. The number of alkyl halides is 3. The molecule has 0 aliphatic heterocycles. The third-order valence-corrected chi connectivity index (χ3v) is 3.40. The quantitative estimate of drug-likeness (QED) is 0.886. The lowest BCUT2D eigenvalue weighted by atomic mass is 10.0. The summed E-state index contributed by atoms with van der Waals surface area (Å²) in [7, 11) is 0. The molecule has 19 heavy (non-hydrogen) atoms. The summed E-state index contributed by atoms with van der Waals surface area (Å²) in [4.78, 5) is 0. The molecule has 0 heterocycles. The first-order chi connectivity index (χ1) is 8.98. The van der Waals surface area contributed by atoms with Crippen molar-refractivity contribution in [3.63, 3.8) is 0 Å². The van der Waals surface area contributed by atoms with Crippen molar-refractivity contribution in [1.82, 2.24) is 0 Å². The molecule has 1 aliphatic rings. The van der Waals surface area contributed by atoms with Crippen LogP contribution in [0, 0.1) is 5.92 Å². The Morgan fingerprint density at radius 1 is 1.21 bits per heavy atom. The number of nitrogens with one attached hydrogen (secondary N) is 1. The molecule has 0 aromatic heterocycles. The Balaban J connectivity index is 1.95. The van der Waals surface area contributed by atoms with E-state index in [0.717, 1.165) is 24.9 Å². The molecule has 0 spiro atoms. The van der Waals surface area contributed by atoms with E-state index in [1.54, 1.807) is 12.1 Å². The monoisotopic (exact) mass is 274 g/mol. The molecule has 6 heteroatoms. The smallest absolute Gasteiger partial charge is 0.406 e. The summed E-state index contributed by atoms with van der Waals surface area (Å²) >= 11 is 0. The van der Waals surface area contributed by atoms with Crippen LogP contribution >= 0.6 is 0 Å². The van der Waals surface area contributed by atoms with Crippen LogP contribution in [0.15, 0.2) is 24.3 Å². The first kappa shape index (κ1) is 14.0. The normalized spacial score (nSPS) is 23.4. The van der Waals surface area contributed by atoms with Crippen LogP contribution < -0.4 is 15.8 Å². The number of benzene rings is 1. The molecule has 0 saturated heterocycles. The highest BCUT2D eigenvalue weighted by Gasteiger charge is 2.31. The van der Waals surface area contributed by atoms with Crippen molar-refractivity contribution >= 4 is 5.69 Å². The molecule has 106 valence electrons. The molecule has 3 N–H and O–H groups in total. The van der Waals surface area contributed by atoms with Gasteiger partial charge >= 0.3 is 6.36 Å². The number of hydrogen-bond acceptors (Lipinski definition) is 3. The molecule has 1 aliphatic carbocycles. The summed E-state index contributed by atoms with van der Waals surface area (Å²) in [5.41, 5.74) is 6.48. The Kier molecular flexibility index (Phi) is 4.19. The van der Waals surface area contributed by atoms with Gasteiger partial charge in [0.15, 0.2) is 0 Å². The van der Waals surface area contributed by atoms with Crippen LogP contribution in [0.2, 0.25) is 0 Å². The van der Waals surface area contributed by atoms with Gasteiger partial charge in [-0.25, -0.2) is 0 Å². The number of hydrogen-bond donors (Lipinski definition) is 2. The molecule has 2 atom stereocenters. The molecule has 1 aromatic carbocycles. The Bertz CT molecular complexity index is 405. The van der Waals surface area contributed by atoms with E-state index in [9.17, 15) is 13.2 Å². The van der Waals surface area contributed by atoms with Gasteiger partial charge in [-0.05, 0) is 49.6 Å². The van der Waals surface area contributed by atoms with E-state index < -0.39 is 6.36 Å². The summed E-state index contributed by atoms with van der Waals surface area (Å²) in [6.07, 6.45) is -1.37. The van der Waals surface area contributed by atoms with Crippen molar-refractivity contribution < 1.29 is 17.9 Å². The van der Waals surface area contributed by atoms with Gasteiger partial charge in [-0.3, -0.25) is 0 Å². The van der Waals surface area contributed by atoms with Crippen LogP contribution in [0.3, 0.4) is 0 Å². The van der Waals surface area contributed by atoms with Crippen LogP contribution in [0.5, 0.6) is 5.75 Å². The van der Waals surface area contributed by atoms with Crippen molar-refractivity contribution in [1.29, 1.82) is 0 Å². The second-order valence-corrected chi connectivity index (χ2v) is 4.75. The highest BCUT2D eigenvalue weighted by atomic mass is 19.4. The van der Waals surface area contributed by atoms with Crippen LogP contribution in [0.1, 0.15) is 19.3 Å². The zero-order valence-corrected chi connectivity index (χ0v) is 10.4. The Hall–Kier alpha value is -1.43. The average Bonchev–Trinajstić information content (AvgIpc) is 2.77. The van der Waals surface area contributed by atoms with Gasteiger partial charge in [0.2, 0.25) is 0 Å². The predicted octanol–water partition coefficient (Wildman–Crippen LogP) is 3.12. The number of nitrogens with two attached hydrogens (primary N) is 1. The maximum atomic E-state index is 12.0. The number of rotatable bonds is 4. The molecule has 1 fully saturated rings. The van der Waals surface area contributed by atoms with Crippen molar-refractivity contribution in [3.05, 3.63) is 24.3 Å². The van der Waals surface area contributed by atoms with Crippen LogP contribution in [0.4, 0.5) is 18.9 Å². The van der Waals surface area contributed by atoms with Crippen molar-refractivity contribution in [3.8, 4) is 5.75 Å². The Morgan fingerprint density at radius 3 is 2.47 bits per heavy atom. The van der Waals surface area contributed by atoms with E-state index in [1.807, 2.05) is 0 Å². The molecule has 0 radical (unpaired) electrons. The summed E-state index contributed by atoms with van der Waals surface area (Å²) in [5.74, 6) is 0.228. The standard InChI is InChI=1S/C13H17F3N2O/c14-13(15,16)19-11-6-4-10(5-7-11)18-12-3-1-2-9(12)8-17/h4-7,9,12,18H,1-3,8,17H2. The van der Waals surface area contributed by atoms with Crippen LogP contribution in [0.25, 0.3) is 0 Å². The predicted molar refractivity (Wildman–Crippen MR) is 66.9 cm³/mol. The fraction of sp³-hybridized carbons (Fsp3) is 0.538. The Labute approximate surface area is 109 Å². The lowest BCUT2D eigenvalue weighted by Gasteiger charge is -2.20. The largest absolute Gasteiger partial charge is 0.573 e. The van der Waals surface area contributed by atoms with Crippen LogP contribution in [-0.4, -0.2) is 18.9 Å². The van der Waals surface area contributed by atoms with E-state index in [4.69, 9.17) is 5.73 Å². The van der Waals surface area contributed by atoms with Gasteiger partial charge in [0.25, 0.3) is 0 Å². The van der Waals surface area contributed by atoms with E-state index in [0.29, 0.717) is 18.5 Å². The zero-order valence-electron chi connectivity index (χ0n) is 10.4. The van der Waals surface area contributed by atoms with Gasteiger partial charge in [0.05, 0.1) is 0 Å². The van der Waals surface area contributed by atoms with Gasteiger partial charge in [-0.2, -0.15) is 0 Å². The molecule has 2 unspecified atom stereocenters. The highest BCUT2D eigenvalue weighted by molar-refractivity contribution is 5.47. The number of halogens is 3. The van der Waals surface area contributed by atoms with Gasteiger partial charge in [-0.1, -0.05) is 6.42 Å². The van der Waals surface area contributed by atoms with Crippen LogP contribution in [-0.2, 0) is 0 Å². The minimum atomic E-state index is -4.65. The van der Waals surface area contributed by atoms with Gasteiger partial charge in [0, 0.05) is 11.7 Å². The van der Waals surface area contributed by atoms with E-state index in [-0.39, 0.29) is 5.75 Å². The second-order valence-electron chi connectivity index (χ2n) is 4.75. The van der Waals surface area contributed by atoms with Crippen molar-refractivity contribution in [2.24, 2.45) is 11.7 Å². The van der Waals surface area contributed by atoms with E-state index >= 15 is 0 Å². The SMILES string of the molecule is NCC1CCCC1Nc1ccc(OC(F)(F)F)cc1. The van der Waals surface area contributed by atoms with Crippen molar-refractivity contribution in [2.75, 3.05) is 11.9 Å². The first-order valence-electron chi connectivity index (χ1n) is 6.30. The third-order valence-electron chi connectivity index (χ3n) is 3.40. The fourth-order valence-electron chi connectivity index (χ4n) is 2.48. The molecule has 0 bridgehead atoms. The third kappa shape index (κ3) is 4.02. The maximum absolute atomic E-state index is 12.0. The lowest BCUT2D eigenvalue weighted by Crippen LogP contribution is -2.29. The average molecular weight is 274 g/mol. The summed E-state index contributed by atoms with van der Waals surface area (Å²) < 4.78 is 39.9. The topological polar surface area (TPSA) is 47.3 Å². The van der Waals surface area contributed by atoms with Gasteiger partial charge in [0.1, 0.15) is 5.75 Å². The Morgan fingerprint density at radius 2 is 1.89 bits per heavy atom. The summed E-state index contributed by atoms with van der Waals surface area (Å²) in [6, 6.07) is 6.10. The summed E-state index contributed by atoms with van der Waals surface area (Å²) in [6.45, 7) is 0.632. The van der Waals surface area contributed by atoms with E-state index in [2.05, 4.69) is 10.1 Å². The second kappa shape index (κ2) is 5.69. The molecular formula is C13H17F3N2O. The molecule has 1 saturated carbocycles. The van der Waals surface area contributed by atoms with Crippen molar-refractivity contribution in [2.45, 2.75) is 31.7 Å². The molecule has 0 amide bonds. The number of anilines is 1. The molecule has 3 nitrogen and oxygen atoms in total. The minimum absolute atomic E-state index is 0.208.